The standard InChI is InChI=1S/C10H11N5O2S/c1-7-3-4-11-8(5-7)18-10-12-13-14-15(10)6-9(16)17-2/h3-5H,6H2,1-2H3. The summed E-state index contributed by atoms with van der Waals surface area (Å²) in [7, 11) is 1.32. The number of hydrogen-bond donors (Lipinski definition) is 0. The minimum absolute atomic E-state index is 0.0162. The Morgan fingerprint density at radius 1 is 1.56 bits per heavy atom. The zero-order valence-electron chi connectivity index (χ0n) is 9.90. The van der Waals surface area contributed by atoms with Crippen molar-refractivity contribution in [1.82, 2.24) is 25.2 Å². The van der Waals surface area contributed by atoms with Gasteiger partial charge in [0.15, 0.2) is 0 Å². The second kappa shape index (κ2) is 5.58. The zero-order valence-corrected chi connectivity index (χ0v) is 10.7. The van der Waals surface area contributed by atoms with Gasteiger partial charge in [0.2, 0.25) is 5.16 Å². The molecular weight excluding hydrogens is 254 g/mol. The Kier molecular flexibility index (Phi) is 3.88. The van der Waals surface area contributed by atoms with Crippen LogP contribution in [0, 0.1) is 6.92 Å². The number of methoxy groups -OCH3 is 1. The molecule has 0 aliphatic rings. The fourth-order valence-corrected chi connectivity index (χ4v) is 2.04. The Bertz CT molecular complexity index is 557. The molecule has 2 aromatic heterocycles. The zero-order chi connectivity index (χ0) is 13.0. The van der Waals surface area contributed by atoms with Gasteiger partial charge in [-0.25, -0.2) is 9.67 Å². The van der Waals surface area contributed by atoms with Crippen LogP contribution in [0.15, 0.2) is 28.5 Å². The SMILES string of the molecule is COC(=O)Cn1nnnc1Sc1cc(C)ccn1. The lowest BCUT2D eigenvalue weighted by Crippen LogP contribution is -2.13. The van der Waals surface area contributed by atoms with Gasteiger partial charge in [-0.05, 0) is 46.8 Å². The van der Waals surface area contributed by atoms with E-state index in [1.165, 1.54) is 23.6 Å². The number of ether oxygens (including phenoxy) is 1. The highest BCUT2D eigenvalue weighted by molar-refractivity contribution is 7.99. The van der Waals surface area contributed by atoms with Crippen molar-refractivity contribution in [2.45, 2.75) is 23.7 Å². The van der Waals surface area contributed by atoms with Crippen molar-refractivity contribution < 1.29 is 9.53 Å². The number of tetrazole rings is 1. The number of nitrogens with zero attached hydrogens (tertiary/aromatic N) is 5. The third-order valence-corrected chi connectivity index (χ3v) is 3.00. The Morgan fingerprint density at radius 3 is 3.11 bits per heavy atom. The lowest BCUT2D eigenvalue weighted by Gasteiger charge is -2.02. The summed E-state index contributed by atoms with van der Waals surface area (Å²) in [6.45, 7) is 1.96. The molecule has 0 aliphatic carbocycles. The minimum atomic E-state index is -0.402. The van der Waals surface area contributed by atoms with Gasteiger partial charge in [0.25, 0.3) is 0 Å². The van der Waals surface area contributed by atoms with E-state index in [0.717, 1.165) is 10.6 Å². The summed E-state index contributed by atoms with van der Waals surface area (Å²) in [4.78, 5) is 15.4. The molecule has 0 atom stereocenters. The van der Waals surface area contributed by atoms with E-state index < -0.39 is 5.97 Å². The summed E-state index contributed by atoms with van der Waals surface area (Å²) in [6, 6.07) is 3.82. The average Bonchev–Trinajstić information content (AvgIpc) is 2.76. The number of aryl methyl sites for hydroxylation is 1. The van der Waals surface area contributed by atoms with Crippen molar-refractivity contribution in [3.05, 3.63) is 23.9 Å². The summed E-state index contributed by atoms with van der Waals surface area (Å²) >= 11 is 1.30. The van der Waals surface area contributed by atoms with Crippen LogP contribution in [0.25, 0.3) is 0 Å². The van der Waals surface area contributed by atoms with Gasteiger partial charge in [-0.15, -0.1) is 5.10 Å². The topological polar surface area (TPSA) is 82.8 Å². The summed E-state index contributed by atoms with van der Waals surface area (Å²) in [5, 5.41) is 12.4. The summed E-state index contributed by atoms with van der Waals surface area (Å²) in [5.41, 5.74) is 1.10. The molecule has 0 saturated heterocycles. The first-order valence-corrected chi connectivity index (χ1v) is 5.94. The Labute approximate surface area is 108 Å². The second-order valence-corrected chi connectivity index (χ2v) is 4.46. The van der Waals surface area contributed by atoms with Gasteiger partial charge >= 0.3 is 5.97 Å². The van der Waals surface area contributed by atoms with Crippen molar-refractivity contribution in [3.63, 3.8) is 0 Å². The monoisotopic (exact) mass is 265 g/mol. The number of hydrogen-bond acceptors (Lipinski definition) is 7. The number of carbonyl (C=O) groups is 1. The minimum Gasteiger partial charge on any atom is -0.468 e. The highest BCUT2D eigenvalue weighted by Crippen LogP contribution is 2.23. The van der Waals surface area contributed by atoms with E-state index in [2.05, 4.69) is 25.2 Å². The van der Waals surface area contributed by atoms with E-state index in [-0.39, 0.29) is 6.54 Å². The van der Waals surface area contributed by atoms with Gasteiger partial charge < -0.3 is 4.74 Å². The molecule has 0 saturated carbocycles. The molecule has 0 unspecified atom stereocenters. The number of carbonyl (C=O) groups excluding carboxylic acids is 1. The molecule has 0 bridgehead atoms. The first-order chi connectivity index (χ1) is 8.69. The van der Waals surface area contributed by atoms with E-state index in [1.807, 2.05) is 19.1 Å². The third kappa shape index (κ3) is 3.04. The number of rotatable bonds is 4. The predicted octanol–water partition coefficient (Wildman–Crippen LogP) is 0.701. The van der Waals surface area contributed by atoms with Crippen LogP contribution >= 0.6 is 11.8 Å². The van der Waals surface area contributed by atoms with E-state index in [1.54, 1.807) is 6.20 Å². The lowest BCUT2D eigenvalue weighted by molar-refractivity contribution is -0.141. The van der Waals surface area contributed by atoms with Gasteiger partial charge in [-0.3, -0.25) is 4.79 Å². The molecule has 0 amide bonds. The van der Waals surface area contributed by atoms with E-state index >= 15 is 0 Å². The van der Waals surface area contributed by atoms with E-state index in [9.17, 15) is 4.79 Å². The molecule has 8 heteroatoms. The lowest BCUT2D eigenvalue weighted by atomic mass is 10.3. The quantitative estimate of drug-likeness (QED) is 0.752. The van der Waals surface area contributed by atoms with E-state index in [0.29, 0.717) is 5.16 Å². The van der Waals surface area contributed by atoms with Gasteiger partial charge in [0.05, 0.1) is 7.11 Å². The predicted molar refractivity (Wildman–Crippen MR) is 62.9 cm³/mol. The molecule has 0 aromatic carbocycles. The van der Waals surface area contributed by atoms with Crippen LogP contribution in [0.1, 0.15) is 5.56 Å². The fraction of sp³-hybridized carbons (Fsp3) is 0.300. The molecule has 2 rings (SSSR count). The Morgan fingerprint density at radius 2 is 2.39 bits per heavy atom. The molecule has 0 fully saturated rings. The van der Waals surface area contributed by atoms with Crippen molar-refractivity contribution >= 4 is 17.7 Å². The van der Waals surface area contributed by atoms with Crippen LogP contribution in [0.4, 0.5) is 0 Å². The first-order valence-electron chi connectivity index (χ1n) is 5.12. The van der Waals surface area contributed by atoms with Crippen molar-refractivity contribution in [3.8, 4) is 0 Å². The molecule has 2 aromatic rings. The van der Waals surface area contributed by atoms with Crippen molar-refractivity contribution in [1.29, 1.82) is 0 Å². The fourth-order valence-electron chi connectivity index (χ4n) is 1.21. The van der Waals surface area contributed by atoms with Crippen molar-refractivity contribution in [2.24, 2.45) is 0 Å². The van der Waals surface area contributed by atoms with Crippen LogP contribution < -0.4 is 0 Å². The summed E-state index contributed by atoms with van der Waals surface area (Å²) in [5.74, 6) is -0.402. The van der Waals surface area contributed by atoms with Gasteiger partial charge in [-0.2, -0.15) is 0 Å². The molecule has 7 nitrogen and oxygen atoms in total. The largest absolute Gasteiger partial charge is 0.468 e. The summed E-state index contributed by atoms with van der Waals surface area (Å²) in [6.07, 6.45) is 1.71. The highest BCUT2D eigenvalue weighted by Gasteiger charge is 2.12. The van der Waals surface area contributed by atoms with Crippen LogP contribution in [-0.2, 0) is 16.1 Å². The smallest absolute Gasteiger partial charge is 0.327 e. The van der Waals surface area contributed by atoms with Gasteiger partial charge in [0.1, 0.15) is 11.6 Å². The number of pyridine rings is 1. The van der Waals surface area contributed by atoms with Gasteiger partial charge in [-0.1, -0.05) is 0 Å². The maximum atomic E-state index is 11.2. The van der Waals surface area contributed by atoms with Gasteiger partial charge in [0, 0.05) is 6.20 Å². The number of aromatic nitrogens is 5. The maximum absolute atomic E-state index is 11.2. The average molecular weight is 265 g/mol. The van der Waals surface area contributed by atoms with Crippen LogP contribution in [-0.4, -0.2) is 38.3 Å². The molecule has 0 radical (unpaired) electrons. The van der Waals surface area contributed by atoms with E-state index in [4.69, 9.17) is 0 Å². The second-order valence-electron chi connectivity index (χ2n) is 3.47. The molecule has 0 aliphatic heterocycles. The molecule has 2 heterocycles. The summed E-state index contributed by atoms with van der Waals surface area (Å²) < 4.78 is 5.94. The first kappa shape index (κ1) is 12.5. The molecule has 0 N–H and O–H groups in total. The van der Waals surface area contributed by atoms with Crippen LogP contribution in [0.5, 0.6) is 0 Å². The number of esters is 1. The molecule has 0 spiro atoms. The molecular formula is C10H11N5O2S. The third-order valence-electron chi connectivity index (χ3n) is 2.09. The highest BCUT2D eigenvalue weighted by atomic mass is 32.2. The maximum Gasteiger partial charge on any atom is 0.327 e. The normalized spacial score (nSPS) is 10.3. The molecule has 94 valence electrons. The Balaban J connectivity index is 2.15. The van der Waals surface area contributed by atoms with Crippen molar-refractivity contribution in [2.75, 3.05) is 7.11 Å². The van der Waals surface area contributed by atoms with Crippen LogP contribution in [0.2, 0.25) is 0 Å². The molecule has 18 heavy (non-hydrogen) atoms. The Hall–Kier alpha value is -1.96. The van der Waals surface area contributed by atoms with Crippen LogP contribution in [0.3, 0.4) is 0 Å².